The average molecular weight is 347 g/mol. The molecular formula is C17H15ClN2O4. The molecular weight excluding hydrogens is 332 g/mol. The Balaban J connectivity index is 1.84. The number of carboxylic acids is 1. The Kier molecular flexibility index (Phi) is 5.92. The molecule has 2 amide bonds. The molecule has 0 saturated carbocycles. The van der Waals surface area contributed by atoms with Gasteiger partial charge in [0.25, 0.3) is 11.8 Å². The summed E-state index contributed by atoms with van der Waals surface area (Å²) in [6, 6.07) is 12.3. The molecule has 3 N–H and O–H groups in total. The zero-order valence-electron chi connectivity index (χ0n) is 12.6. The molecule has 0 saturated heterocycles. The van der Waals surface area contributed by atoms with E-state index >= 15 is 0 Å². The summed E-state index contributed by atoms with van der Waals surface area (Å²) in [7, 11) is 0. The quantitative estimate of drug-likeness (QED) is 0.699. The van der Waals surface area contributed by atoms with Crippen LogP contribution < -0.4 is 10.6 Å². The van der Waals surface area contributed by atoms with E-state index in [1.54, 1.807) is 36.4 Å². The molecule has 0 aliphatic carbocycles. The third-order valence-electron chi connectivity index (χ3n) is 3.20. The number of aromatic carboxylic acids is 1. The monoisotopic (exact) mass is 346 g/mol. The average Bonchev–Trinajstić information content (AvgIpc) is 2.58. The lowest BCUT2D eigenvalue weighted by molar-refractivity contribution is 0.0691. The van der Waals surface area contributed by atoms with Crippen molar-refractivity contribution in [1.29, 1.82) is 0 Å². The van der Waals surface area contributed by atoms with Gasteiger partial charge in [-0.3, -0.25) is 9.59 Å². The number of nitrogens with one attached hydrogen (secondary N) is 2. The number of hydrogen-bond donors (Lipinski definition) is 3. The summed E-state index contributed by atoms with van der Waals surface area (Å²) in [5.41, 5.74) is 0.469. The lowest BCUT2D eigenvalue weighted by atomic mass is 10.1. The Morgan fingerprint density at radius 3 is 1.96 bits per heavy atom. The molecule has 0 atom stereocenters. The zero-order valence-corrected chi connectivity index (χ0v) is 13.3. The molecule has 0 aliphatic heterocycles. The van der Waals surface area contributed by atoms with E-state index in [0.717, 1.165) is 0 Å². The van der Waals surface area contributed by atoms with E-state index in [9.17, 15) is 14.4 Å². The van der Waals surface area contributed by atoms with Crippen molar-refractivity contribution in [2.45, 2.75) is 0 Å². The zero-order chi connectivity index (χ0) is 17.5. The molecule has 0 aromatic heterocycles. The summed E-state index contributed by atoms with van der Waals surface area (Å²) in [4.78, 5) is 35.0. The van der Waals surface area contributed by atoms with Gasteiger partial charge in [-0.1, -0.05) is 23.7 Å². The first-order valence-corrected chi connectivity index (χ1v) is 7.51. The minimum absolute atomic E-state index is 0.0693. The van der Waals surface area contributed by atoms with Crippen LogP contribution in [0.3, 0.4) is 0 Å². The first-order valence-electron chi connectivity index (χ1n) is 7.13. The van der Waals surface area contributed by atoms with E-state index in [1.165, 1.54) is 12.1 Å². The van der Waals surface area contributed by atoms with E-state index in [4.69, 9.17) is 16.7 Å². The normalized spacial score (nSPS) is 10.0. The Bertz CT molecular complexity index is 759. The molecule has 0 unspecified atom stereocenters. The minimum Gasteiger partial charge on any atom is -0.478 e. The van der Waals surface area contributed by atoms with Crippen LogP contribution in [0.25, 0.3) is 0 Å². The van der Waals surface area contributed by atoms with Crippen LogP contribution in [0.2, 0.25) is 5.02 Å². The van der Waals surface area contributed by atoms with E-state index in [0.29, 0.717) is 10.6 Å². The summed E-state index contributed by atoms with van der Waals surface area (Å²) < 4.78 is 0. The molecule has 0 fully saturated rings. The van der Waals surface area contributed by atoms with Crippen LogP contribution in [-0.2, 0) is 0 Å². The van der Waals surface area contributed by atoms with Crippen LogP contribution in [0.5, 0.6) is 0 Å². The largest absolute Gasteiger partial charge is 0.478 e. The smallest absolute Gasteiger partial charge is 0.336 e. The topological polar surface area (TPSA) is 95.5 Å². The van der Waals surface area contributed by atoms with Crippen molar-refractivity contribution in [2.24, 2.45) is 0 Å². The predicted molar refractivity (Wildman–Crippen MR) is 89.5 cm³/mol. The molecule has 7 heteroatoms. The van der Waals surface area contributed by atoms with Crippen molar-refractivity contribution in [1.82, 2.24) is 10.6 Å². The maximum absolute atomic E-state index is 12.0. The summed E-state index contributed by atoms with van der Waals surface area (Å²) in [5, 5.41) is 14.8. The SMILES string of the molecule is O=C(NCCNC(=O)c1ccccc1C(=O)O)c1ccc(Cl)cc1. The fraction of sp³-hybridized carbons (Fsp3) is 0.118. The molecule has 24 heavy (non-hydrogen) atoms. The van der Waals surface area contributed by atoms with Crippen molar-refractivity contribution in [3.05, 3.63) is 70.2 Å². The lowest BCUT2D eigenvalue weighted by Gasteiger charge is -2.09. The van der Waals surface area contributed by atoms with Crippen molar-refractivity contribution >= 4 is 29.4 Å². The maximum Gasteiger partial charge on any atom is 0.336 e. The predicted octanol–water partition coefficient (Wildman–Crippen LogP) is 2.20. The van der Waals surface area contributed by atoms with Crippen LogP contribution in [0.1, 0.15) is 31.1 Å². The highest BCUT2D eigenvalue weighted by atomic mass is 35.5. The van der Waals surface area contributed by atoms with Crippen molar-refractivity contribution in [3.63, 3.8) is 0 Å². The number of carboxylic acid groups (broad SMARTS) is 1. The fourth-order valence-electron chi connectivity index (χ4n) is 2.02. The van der Waals surface area contributed by atoms with Gasteiger partial charge in [-0.05, 0) is 36.4 Å². The van der Waals surface area contributed by atoms with Gasteiger partial charge < -0.3 is 15.7 Å². The molecule has 0 radical (unpaired) electrons. The lowest BCUT2D eigenvalue weighted by Crippen LogP contribution is -2.35. The molecule has 2 aromatic rings. The molecule has 124 valence electrons. The number of rotatable bonds is 6. The van der Waals surface area contributed by atoms with Gasteiger partial charge in [0.15, 0.2) is 0 Å². The van der Waals surface area contributed by atoms with Crippen LogP contribution >= 0.6 is 11.6 Å². The number of halogens is 1. The first kappa shape index (κ1) is 17.5. The Hall–Kier alpha value is -2.86. The van der Waals surface area contributed by atoms with Gasteiger partial charge >= 0.3 is 5.97 Å². The van der Waals surface area contributed by atoms with E-state index in [1.807, 2.05) is 0 Å². The van der Waals surface area contributed by atoms with Crippen LogP contribution in [0.15, 0.2) is 48.5 Å². The summed E-state index contributed by atoms with van der Waals surface area (Å²) >= 11 is 5.75. The molecule has 0 spiro atoms. The van der Waals surface area contributed by atoms with Crippen molar-refractivity contribution in [2.75, 3.05) is 13.1 Å². The highest BCUT2D eigenvalue weighted by Crippen LogP contribution is 2.09. The molecule has 0 aliphatic rings. The number of benzene rings is 2. The molecule has 2 rings (SSSR count). The van der Waals surface area contributed by atoms with Gasteiger partial charge in [0.2, 0.25) is 0 Å². The van der Waals surface area contributed by atoms with Gasteiger partial charge in [-0.2, -0.15) is 0 Å². The Labute approximate surface area is 143 Å². The second kappa shape index (κ2) is 8.12. The second-order valence-electron chi connectivity index (χ2n) is 4.87. The van der Waals surface area contributed by atoms with E-state index in [2.05, 4.69) is 10.6 Å². The second-order valence-corrected chi connectivity index (χ2v) is 5.31. The van der Waals surface area contributed by atoms with Crippen LogP contribution in [0, 0.1) is 0 Å². The van der Waals surface area contributed by atoms with Gasteiger partial charge in [0, 0.05) is 23.7 Å². The highest BCUT2D eigenvalue weighted by molar-refractivity contribution is 6.30. The summed E-state index contributed by atoms with van der Waals surface area (Å²) in [6.07, 6.45) is 0. The molecule has 6 nitrogen and oxygen atoms in total. The fourth-order valence-corrected chi connectivity index (χ4v) is 2.14. The van der Waals surface area contributed by atoms with Gasteiger partial charge in [0.1, 0.15) is 0 Å². The third kappa shape index (κ3) is 4.57. The van der Waals surface area contributed by atoms with E-state index in [-0.39, 0.29) is 30.1 Å². The number of carbonyl (C=O) groups is 3. The summed E-state index contributed by atoms with van der Waals surface area (Å²) in [5.74, 6) is -1.96. The van der Waals surface area contributed by atoms with Crippen molar-refractivity contribution < 1.29 is 19.5 Å². The van der Waals surface area contributed by atoms with Crippen molar-refractivity contribution in [3.8, 4) is 0 Å². The van der Waals surface area contributed by atoms with E-state index < -0.39 is 11.9 Å². The van der Waals surface area contributed by atoms with Crippen LogP contribution in [0.4, 0.5) is 0 Å². The molecule has 0 bridgehead atoms. The first-order chi connectivity index (χ1) is 11.5. The number of amides is 2. The number of carbonyl (C=O) groups excluding carboxylic acids is 2. The molecule has 2 aromatic carbocycles. The highest BCUT2D eigenvalue weighted by Gasteiger charge is 2.15. The van der Waals surface area contributed by atoms with Gasteiger partial charge in [0.05, 0.1) is 11.1 Å². The summed E-state index contributed by atoms with van der Waals surface area (Å²) in [6.45, 7) is 0.383. The number of hydrogen-bond acceptors (Lipinski definition) is 3. The minimum atomic E-state index is -1.17. The third-order valence-corrected chi connectivity index (χ3v) is 3.46. The Morgan fingerprint density at radius 2 is 1.38 bits per heavy atom. The standard InChI is InChI=1S/C17H15ClN2O4/c18-12-7-5-11(6-8-12)15(21)19-9-10-20-16(22)13-3-1-2-4-14(13)17(23)24/h1-8H,9-10H2,(H,19,21)(H,20,22)(H,23,24). The molecule has 0 heterocycles. The maximum atomic E-state index is 12.0. The Morgan fingerprint density at radius 1 is 0.833 bits per heavy atom. The van der Waals surface area contributed by atoms with Gasteiger partial charge in [-0.25, -0.2) is 4.79 Å². The van der Waals surface area contributed by atoms with Crippen LogP contribution in [-0.4, -0.2) is 36.0 Å². The van der Waals surface area contributed by atoms with Gasteiger partial charge in [-0.15, -0.1) is 0 Å².